The summed E-state index contributed by atoms with van der Waals surface area (Å²) >= 11 is 0. The second kappa shape index (κ2) is 13.5. The fraction of sp³-hybridized carbons (Fsp3) is 0.545. The minimum absolute atomic E-state index is 0.0500. The number of fused-ring (bicyclic) bond motifs is 2. The Hall–Kier alpha value is -3.24. The van der Waals surface area contributed by atoms with Gasteiger partial charge < -0.3 is 25.8 Å². The molecule has 0 unspecified atom stereocenters. The number of aliphatic hydroxyl groups excluding tert-OH is 1. The molecule has 0 aromatic heterocycles. The number of halogens is 6. The highest BCUT2D eigenvalue weighted by atomic mass is 19.4. The number of benzene rings is 1. The molecule has 0 aliphatic carbocycles. The molecule has 0 amide bonds. The SMILES string of the molecule is CN1[C@H]2CC[C@@H]1[C@@H](C(=O)OC(=O)c1ccc(CCN)cc1)[C@@H](O)C2.O=C(O)C(F)(F)F.O=C(O)C(F)(F)F. The number of carboxylic acids is 2. The van der Waals surface area contributed by atoms with E-state index in [0.717, 1.165) is 24.8 Å². The van der Waals surface area contributed by atoms with E-state index in [0.29, 0.717) is 24.6 Å². The van der Waals surface area contributed by atoms with Crippen LogP contribution in [0.4, 0.5) is 26.3 Å². The molecule has 16 heteroatoms. The number of carbonyl (C=O) groups is 4. The zero-order chi connectivity index (χ0) is 29.4. The predicted octanol–water partition coefficient (Wildman–Crippen LogP) is 1.98. The molecular weight excluding hydrogens is 534 g/mol. The van der Waals surface area contributed by atoms with E-state index in [9.17, 15) is 41.0 Å². The van der Waals surface area contributed by atoms with Gasteiger partial charge in [-0.3, -0.25) is 9.69 Å². The predicted molar refractivity (Wildman–Crippen MR) is 116 cm³/mol. The normalized spacial score (nSPS) is 22.8. The summed E-state index contributed by atoms with van der Waals surface area (Å²) in [4.78, 5) is 44.6. The first-order valence-electron chi connectivity index (χ1n) is 10.9. The number of aliphatic carboxylic acids is 2. The largest absolute Gasteiger partial charge is 0.490 e. The van der Waals surface area contributed by atoms with Crippen LogP contribution in [0.5, 0.6) is 0 Å². The second-order valence-electron chi connectivity index (χ2n) is 8.34. The quantitative estimate of drug-likeness (QED) is 0.243. The van der Waals surface area contributed by atoms with Crippen molar-refractivity contribution < 1.29 is 65.6 Å². The maximum atomic E-state index is 12.4. The molecule has 3 rings (SSSR count). The number of esters is 2. The molecule has 38 heavy (non-hydrogen) atoms. The number of carboxylic acid groups (broad SMARTS) is 2. The van der Waals surface area contributed by atoms with Crippen LogP contribution in [0.25, 0.3) is 0 Å². The summed E-state index contributed by atoms with van der Waals surface area (Å²) in [6.07, 6.45) is -7.81. The van der Waals surface area contributed by atoms with Gasteiger partial charge in [-0.05, 0) is 57.0 Å². The van der Waals surface area contributed by atoms with Crippen LogP contribution < -0.4 is 5.73 Å². The van der Waals surface area contributed by atoms with Crippen molar-refractivity contribution in [3.63, 3.8) is 0 Å². The van der Waals surface area contributed by atoms with Crippen LogP contribution in [0.15, 0.2) is 24.3 Å². The molecule has 0 spiro atoms. The fourth-order valence-corrected chi connectivity index (χ4v) is 3.95. The number of ether oxygens (including phenoxy) is 1. The Morgan fingerprint density at radius 3 is 1.87 bits per heavy atom. The van der Waals surface area contributed by atoms with Crippen LogP contribution in [0.3, 0.4) is 0 Å². The topological polar surface area (TPSA) is 167 Å². The zero-order valence-corrected chi connectivity index (χ0v) is 19.8. The van der Waals surface area contributed by atoms with Crippen molar-refractivity contribution in [1.82, 2.24) is 4.90 Å². The number of rotatable bonds is 4. The summed E-state index contributed by atoms with van der Waals surface area (Å²) < 4.78 is 68.5. The first kappa shape index (κ1) is 32.8. The summed E-state index contributed by atoms with van der Waals surface area (Å²) in [5.41, 5.74) is 6.85. The smallest absolute Gasteiger partial charge is 0.475 e. The molecule has 1 aromatic rings. The van der Waals surface area contributed by atoms with Gasteiger partial charge in [0.05, 0.1) is 17.6 Å². The zero-order valence-electron chi connectivity index (χ0n) is 19.8. The molecule has 2 aliphatic rings. The Labute approximate surface area is 212 Å². The van der Waals surface area contributed by atoms with Crippen LogP contribution in [0.2, 0.25) is 0 Å². The molecule has 2 heterocycles. The summed E-state index contributed by atoms with van der Waals surface area (Å²) in [6.45, 7) is 0.539. The molecule has 10 nitrogen and oxygen atoms in total. The highest BCUT2D eigenvalue weighted by molar-refractivity contribution is 5.97. The van der Waals surface area contributed by atoms with Gasteiger partial charge >= 0.3 is 36.2 Å². The average molecular weight is 560 g/mol. The molecule has 2 fully saturated rings. The molecule has 2 aliphatic heterocycles. The number of piperidine rings is 1. The van der Waals surface area contributed by atoms with Crippen molar-refractivity contribution in [3.8, 4) is 0 Å². The van der Waals surface area contributed by atoms with Crippen molar-refractivity contribution >= 4 is 23.9 Å². The van der Waals surface area contributed by atoms with Gasteiger partial charge in [-0.2, -0.15) is 26.3 Å². The number of nitrogens with zero attached hydrogens (tertiary/aromatic N) is 1. The van der Waals surface area contributed by atoms with Gasteiger partial charge in [-0.1, -0.05) is 12.1 Å². The summed E-state index contributed by atoms with van der Waals surface area (Å²) in [5, 5.41) is 24.5. The minimum atomic E-state index is -5.08. The van der Waals surface area contributed by atoms with Gasteiger partial charge in [-0.25, -0.2) is 14.4 Å². The lowest BCUT2D eigenvalue weighted by Gasteiger charge is -2.39. The molecule has 2 bridgehead atoms. The lowest BCUT2D eigenvalue weighted by atomic mass is 9.88. The number of hydrogen-bond donors (Lipinski definition) is 4. The number of alkyl halides is 6. The van der Waals surface area contributed by atoms with E-state index in [1.165, 1.54) is 0 Å². The van der Waals surface area contributed by atoms with Crippen molar-refractivity contribution in [1.29, 1.82) is 0 Å². The van der Waals surface area contributed by atoms with E-state index in [2.05, 4.69) is 4.90 Å². The third kappa shape index (κ3) is 9.57. The van der Waals surface area contributed by atoms with Crippen molar-refractivity contribution in [3.05, 3.63) is 35.4 Å². The molecule has 5 N–H and O–H groups in total. The highest BCUT2D eigenvalue weighted by Crippen LogP contribution is 2.38. The van der Waals surface area contributed by atoms with Crippen LogP contribution in [0.1, 0.15) is 35.2 Å². The third-order valence-electron chi connectivity index (χ3n) is 5.81. The Morgan fingerprint density at radius 2 is 1.45 bits per heavy atom. The molecule has 0 saturated carbocycles. The Balaban J connectivity index is 0.000000426. The summed E-state index contributed by atoms with van der Waals surface area (Å²) in [7, 11) is 1.96. The van der Waals surface area contributed by atoms with E-state index in [-0.39, 0.29) is 6.04 Å². The van der Waals surface area contributed by atoms with Crippen molar-refractivity contribution in [2.75, 3.05) is 13.6 Å². The van der Waals surface area contributed by atoms with Gasteiger partial charge in [0.25, 0.3) is 0 Å². The molecule has 4 atom stereocenters. The number of aliphatic hydroxyl groups is 1. The van der Waals surface area contributed by atoms with Crippen LogP contribution in [-0.2, 0) is 25.5 Å². The van der Waals surface area contributed by atoms with E-state index < -0.39 is 48.3 Å². The first-order chi connectivity index (χ1) is 17.4. The maximum absolute atomic E-state index is 12.4. The number of hydrogen-bond acceptors (Lipinski definition) is 8. The van der Waals surface area contributed by atoms with Gasteiger partial charge in [-0.15, -0.1) is 0 Å². The Kier molecular flexibility index (Phi) is 11.7. The van der Waals surface area contributed by atoms with Gasteiger partial charge in [0.1, 0.15) is 0 Å². The summed E-state index contributed by atoms with van der Waals surface area (Å²) in [6, 6.07) is 7.15. The average Bonchev–Trinajstić information content (AvgIpc) is 3.03. The Morgan fingerprint density at radius 1 is 0.974 bits per heavy atom. The standard InChI is InChI=1S/C18H24N2O4.2C2HF3O2/c1-20-13-6-7-14(20)16(15(21)10-13)18(23)24-17(22)12-4-2-11(3-5-12)8-9-19;2*3-2(4,5)1(6)7/h2-5,13-16,21H,6-10,19H2,1H3;2*(H,6,7)/t13-,14+,15-,16+;;/m0../s1. The van der Waals surface area contributed by atoms with Gasteiger partial charge in [0.15, 0.2) is 0 Å². The third-order valence-corrected chi connectivity index (χ3v) is 5.81. The van der Waals surface area contributed by atoms with Crippen LogP contribution in [-0.4, -0.2) is 88.2 Å². The molecule has 2 saturated heterocycles. The first-order valence-corrected chi connectivity index (χ1v) is 10.9. The van der Waals surface area contributed by atoms with Crippen LogP contribution in [0, 0.1) is 5.92 Å². The van der Waals surface area contributed by atoms with E-state index in [4.69, 9.17) is 30.3 Å². The monoisotopic (exact) mass is 560 g/mol. The molecular formula is C22H26F6N2O8. The summed E-state index contributed by atoms with van der Waals surface area (Å²) in [5.74, 6) is -7.47. The minimum Gasteiger partial charge on any atom is -0.475 e. The van der Waals surface area contributed by atoms with Crippen LogP contribution >= 0.6 is 0 Å². The molecule has 214 valence electrons. The molecule has 0 radical (unpaired) electrons. The maximum Gasteiger partial charge on any atom is 0.490 e. The highest BCUT2D eigenvalue weighted by Gasteiger charge is 2.49. The van der Waals surface area contributed by atoms with E-state index in [1.807, 2.05) is 7.05 Å². The van der Waals surface area contributed by atoms with Crippen molar-refractivity contribution in [2.24, 2.45) is 11.7 Å². The van der Waals surface area contributed by atoms with Crippen molar-refractivity contribution in [2.45, 2.75) is 56.2 Å². The van der Waals surface area contributed by atoms with Gasteiger partial charge in [0, 0.05) is 12.1 Å². The number of carbonyl (C=O) groups excluding carboxylic acids is 2. The second-order valence-corrected chi connectivity index (χ2v) is 8.34. The number of nitrogens with two attached hydrogens (primary N) is 1. The van der Waals surface area contributed by atoms with E-state index in [1.54, 1.807) is 24.3 Å². The Bertz CT molecular complexity index is 960. The molecule has 1 aromatic carbocycles. The van der Waals surface area contributed by atoms with E-state index >= 15 is 0 Å². The van der Waals surface area contributed by atoms with Gasteiger partial charge in [0.2, 0.25) is 0 Å². The fourth-order valence-electron chi connectivity index (χ4n) is 3.95. The lowest BCUT2D eigenvalue weighted by molar-refractivity contribution is -0.193. The lowest BCUT2D eigenvalue weighted by Crippen LogP contribution is -2.52.